The summed E-state index contributed by atoms with van der Waals surface area (Å²) in [5.74, 6) is -0.367. The van der Waals surface area contributed by atoms with Gasteiger partial charge >= 0.3 is 0 Å². The number of aryl methyl sites for hydroxylation is 1. The Bertz CT molecular complexity index is 1740. The molecule has 0 saturated heterocycles. The molecule has 0 unspecified atom stereocenters. The van der Waals surface area contributed by atoms with Gasteiger partial charge in [-0.25, -0.2) is 4.98 Å². The van der Waals surface area contributed by atoms with Crippen molar-refractivity contribution in [1.29, 1.82) is 0 Å². The molecule has 240 valence electrons. The molecule has 1 aromatic heterocycles. The zero-order chi connectivity index (χ0) is 33.2. The van der Waals surface area contributed by atoms with Crippen molar-refractivity contribution in [3.8, 4) is 5.75 Å². The van der Waals surface area contributed by atoms with Crippen LogP contribution in [0.1, 0.15) is 34.1 Å². The van der Waals surface area contributed by atoms with Gasteiger partial charge in [-0.1, -0.05) is 53.5 Å². The number of likely N-dealkylation sites (N-methyl/N-ethyl adjacent to an activating group) is 2. The summed E-state index contributed by atoms with van der Waals surface area (Å²) in [6.45, 7) is 5.18. The number of fused-ring (bicyclic) bond motifs is 1. The Morgan fingerprint density at radius 2 is 1.74 bits per heavy atom. The molecule has 0 bridgehead atoms. The second-order valence-electron chi connectivity index (χ2n) is 10.5. The van der Waals surface area contributed by atoms with E-state index >= 15 is 0 Å². The van der Waals surface area contributed by atoms with Gasteiger partial charge in [0.2, 0.25) is 11.8 Å². The first-order valence-electron chi connectivity index (χ1n) is 14.7. The molecule has 0 spiro atoms. The van der Waals surface area contributed by atoms with Crippen LogP contribution in [-0.4, -0.2) is 68.0 Å². The quantitative estimate of drug-likeness (QED) is 0.133. The van der Waals surface area contributed by atoms with Crippen LogP contribution in [0.4, 0.5) is 5.69 Å². The molecule has 3 amide bonds. The van der Waals surface area contributed by atoms with Gasteiger partial charge in [-0.3, -0.25) is 14.4 Å². The summed E-state index contributed by atoms with van der Waals surface area (Å²) in [5, 5.41) is 4.20. The van der Waals surface area contributed by atoms with Gasteiger partial charge in [0, 0.05) is 60.6 Å². The minimum atomic E-state index is -0.451. The number of carbonyl (C=O) groups is 3. The first-order valence-corrected chi connectivity index (χ1v) is 15.5. The number of anilines is 1. The Balaban J connectivity index is 1.33. The van der Waals surface area contributed by atoms with Gasteiger partial charge in [0.05, 0.1) is 23.9 Å². The lowest BCUT2D eigenvalue weighted by molar-refractivity contribution is -0.122. The first kappa shape index (κ1) is 34.4. The molecule has 0 atom stereocenters. The Hall–Kier alpha value is -4.44. The number of pyridine rings is 1. The van der Waals surface area contributed by atoms with Crippen molar-refractivity contribution >= 4 is 63.6 Å². The van der Waals surface area contributed by atoms with Crippen molar-refractivity contribution in [2.45, 2.75) is 20.5 Å². The van der Waals surface area contributed by atoms with Crippen LogP contribution in [0, 0.1) is 6.92 Å². The molecule has 0 aliphatic rings. The average Bonchev–Trinajstić information content (AvgIpc) is 3.06. The predicted octanol–water partition coefficient (Wildman–Crippen LogP) is 6.33. The number of aromatic nitrogens is 1. The number of nitrogens with zero attached hydrogens (tertiary/aromatic N) is 3. The maximum atomic E-state index is 13.0. The smallest absolute Gasteiger partial charge is 0.253 e. The van der Waals surface area contributed by atoms with E-state index in [1.807, 2.05) is 44.2 Å². The second-order valence-corrected chi connectivity index (χ2v) is 11.3. The molecule has 9 nitrogen and oxygen atoms in total. The summed E-state index contributed by atoms with van der Waals surface area (Å²) in [6.07, 6.45) is 2.93. The SMILES string of the molecule is CCOCCN(C)C(=O)c1ccc(C=CC(=O)NCC(=O)N(C)c2ccc(Cl)c(COc3cccc4ccc(C)nc34)c2Cl)cc1. The number of ether oxygens (including phenoxy) is 2. The minimum absolute atomic E-state index is 0.0591. The number of hydrogen-bond acceptors (Lipinski definition) is 6. The highest BCUT2D eigenvalue weighted by molar-refractivity contribution is 6.38. The van der Waals surface area contributed by atoms with E-state index in [4.69, 9.17) is 32.7 Å². The molecule has 4 aromatic rings. The monoisotopic (exact) mass is 662 g/mol. The summed E-state index contributed by atoms with van der Waals surface area (Å²) in [4.78, 5) is 45.5. The third-order valence-corrected chi connectivity index (χ3v) is 7.99. The standard InChI is InChI=1S/C35H36Cl2N4O5/c1-5-45-20-19-40(3)35(44)26-14-10-24(11-15-26)12-18-31(42)38-21-32(43)41(4)29-17-16-28(36)27(33(29)37)22-46-30-8-6-7-25-13-9-23(2)39-34(25)30/h6-18H,5,19-22H2,1-4H3,(H,38,42). The maximum Gasteiger partial charge on any atom is 0.253 e. The van der Waals surface area contributed by atoms with Crippen molar-refractivity contribution < 1.29 is 23.9 Å². The number of nitrogens with one attached hydrogen (secondary N) is 1. The summed E-state index contributed by atoms with van der Waals surface area (Å²) in [7, 11) is 3.29. The maximum absolute atomic E-state index is 13.0. The third-order valence-electron chi connectivity index (χ3n) is 7.22. The normalized spacial score (nSPS) is 11.1. The second kappa shape index (κ2) is 16.2. The molecule has 0 radical (unpaired) electrons. The Kier molecular flexibility index (Phi) is 12.1. The Morgan fingerprint density at radius 1 is 0.978 bits per heavy atom. The molecule has 0 fully saturated rings. The largest absolute Gasteiger partial charge is 0.487 e. The van der Waals surface area contributed by atoms with Crippen LogP contribution < -0.4 is 15.0 Å². The number of hydrogen-bond donors (Lipinski definition) is 1. The molecular formula is C35H36Cl2N4O5. The fourth-order valence-corrected chi connectivity index (χ4v) is 5.12. The molecule has 0 saturated carbocycles. The van der Waals surface area contributed by atoms with E-state index < -0.39 is 5.91 Å². The van der Waals surface area contributed by atoms with Gasteiger partial charge in [-0.05, 0) is 61.9 Å². The van der Waals surface area contributed by atoms with Gasteiger partial charge in [-0.2, -0.15) is 0 Å². The highest BCUT2D eigenvalue weighted by Gasteiger charge is 2.19. The number of para-hydroxylation sites is 1. The van der Waals surface area contributed by atoms with Crippen LogP contribution >= 0.6 is 23.2 Å². The van der Waals surface area contributed by atoms with Crippen molar-refractivity contribution in [1.82, 2.24) is 15.2 Å². The van der Waals surface area contributed by atoms with E-state index in [-0.39, 0.29) is 30.0 Å². The van der Waals surface area contributed by atoms with Crippen LogP contribution in [0.3, 0.4) is 0 Å². The molecule has 0 aliphatic carbocycles. The molecule has 0 aliphatic heterocycles. The van der Waals surface area contributed by atoms with Gasteiger partial charge in [-0.15, -0.1) is 0 Å². The molecule has 11 heteroatoms. The number of rotatable bonds is 13. The van der Waals surface area contributed by atoms with E-state index in [0.29, 0.717) is 47.3 Å². The molecule has 46 heavy (non-hydrogen) atoms. The number of halogens is 2. The highest BCUT2D eigenvalue weighted by atomic mass is 35.5. The van der Waals surface area contributed by atoms with Crippen molar-refractivity contribution in [3.63, 3.8) is 0 Å². The average molecular weight is 664 g/mol. The van der Waals surface area contributed by atoms with Crippen LogP contribution in [0.15, 0.2) is 72.8 Å². The number of carbonyl (C=O) groups excluding carboxylic acids is 3. The van der Waals surface area contributed by atoms with Crippen LogP contribution in [0.2, 0.25) is 10.0 Å². The summed E-state index contributed by atoms with van der Waals surface area (Å²) >= 11 is 13.2. The predicted molar refractivity (Wildman–Crippen MR) is 183 cm³/mol. The lowest BCUT2D eigenvalue weighted by Gasteiger charge is -2.21. The van der Waals surface area contributed by atoms with Gasteiger partial charge < -0.3 is 24.6 Å². The Labute approximate surface area is 278 Å². The molecule has 1 heterocycles. The zero-order valence-electron chi connectivity index (χ0n) is 26.2. The molecule has 1 N–H and O–H groups in total. The first-order chi connectivity index (χ1) is 22.1. The van der Waals surface area contributed by atoms with Crippen molar-refractivity contribution in [2.24, 2.45) is 0 Å². The third kappa shape index (κ3) is 8.84. The van der Waals surface area contributed by atoms with Gasteiger partial charge in [0.1, 0.15) is 17.9 Å². The van der Waals surface area contributed by atoms with Gasteiger partial charge in [0.25, 0.3) is 5.91 Å². The Morgan fingerprint density at radius 3 is 2.48 bits per heavy atom. The highest BCUT2D eigenvalue weighted by Crippen LogP contribution is 2.35. The number of benzene rings is 3. The van der Waals surface area contributed by atoms with Crippen LogP contribution in [0.25, 0.3) is 17.0 Å². The van der Waals surface area contributed by atoms with Crippen LogP contribution in [-0.2, 0) is 20.9 Å². The van der Waals surface area contributed by atoms with E-state index in [1.54, 1.807) is 61.5 Å². The van der Waals surface area contributed by atoms with Crippen molar-refractivity contribution in [3.05, 3.63) is 105 Å². The van der Waals surface area contributed by atoms with Gasteiger partial charge in [0.15, 0.2) is 0 Å². The van der Waals surface area contributed by atoms with E-state index in [2.05, 4.69) is 10.3 Å². The lowest BCUT2D eigenvalue weighted by Crippen LogP contribution is -2.37. The zero-order valence-corrected chi connectivity index (χ0v) is 27.7. The number of amides is 3. The fourth-order valence-electron chi connectivity index (χ4n) is 4.51. The molecular weight excluding hydrogens is 627 g/mol. The van der Waals surface area contributed by atoms with E-state index in [1.165, 1.54) is 11.0 Å². The summed E-state index contributed by atoms with van der Waals surface area (Å²) in [5.41, 5.74) is 3.79. The minimum Gasteiger partial charge on any atom is -0.487 e. The lowest BCUT2D eigenvalue weighted by atomic mass is 10.1. The summed E-state index contributed by atoms with van der Waals surface area (Å²) in [6, 6.07) is 19.8. The van der Waals surface area contributed by atoms with Crippen molar-refractivity contribution in [2.75, 3.05) is 45.3 Å². The van der Waals surface area contributed by atoms with Crippen LogP contribution in [0.5, 0.6) is 5.75 Å². The van der Waals surface area contributed by atoms with E-state index in [9.17, 15) is 14.4 Å². The summed E-state index contributed by atoms with van der Waals surface area (Å²) < 4.78 is 11.4. The molecule has 4 rings (SSSR count). The topological polar surface area (TPSA) is 101 Å². The fraction of sp³-hybridized carbons (Fsp3) is 0.257. The van der Waals surface area contributed by atoms with E-state index in [0.717, 1.165) is 22.2 Å². The molecule has 3 aromatic carbocycles.